The second-order valence-corrected chi connectivity index (χ2v) is 8.05. The van der Waals surface area contributed by atoms with E-state index in [0.717, 1.165) is 40.3 Å². The fourth-order valence-corrected chi connectivity index (χ4v) is 4.96. The molecule has 1 aromatic heterocycles. The molecule has 0 atom stereocenters. The van der Waals surface area contributed by atoms with Gasteiger partial charge < -0.3 is 14.8 Å². The number of fused-ring (bicyclic) bond motifs is 2. The standard InChI is InChI=1S/C23H21NO3S/c25-23-20-19(13-28-22(20)24-14-27-23)18-11-10-16-8-4-5-9-17(16)21(18)26-12-15-6-2-1-3-7-15/h1-3,6-7,10-11,13,24H,4-5,8-9,12,14H2. The molecule has 142 valence electrons. The molecule has 0 saturated heterocycles. The zero-order chi connectivity index (χ0) is 18.9. The van der Waals surface area contributed by atoms with Gasteiger partial charge in [0.05, 0.1) is 0 Å². The van der Waals surface area contributed by atoms with Crippen molar-refractivity contribution < 1.29 is 14.3 Å². The van der Waals surface area contributed by atoms with Gasteiger partial charge in [0.25, 0.3) is 0 Å². The zero-order valence-corrected chi connectivity index (χ0v) is 16.3. The highest BCUT2D eigenvalue weighted by Gasteiger charge is 2.28. The van der Waals surface area contributed by atoms with Gasteiger partial charge in [-0.05, 0) is 42.4 Å². The Morgan fingerprint density at radius 3 is 2.79 bits per heavy atom. The van der Waals surface area contributed by atoms with Gasteiger partial charge in [-0.2, -0.15) is 0 Å². The number of aryl methyl sites for hydroxylation is 1. The van der Waals surface area contributed by atoms with Crippen LogP contribution in [0.2, 0.25) is 0 Å². The quantitative estimate of drug-likeness (QED) is 0.604. The highest BCUT2D eigenvalue weighted by Crippen LogP contribution is 2.44. The maximum absolute atomic E-state index is 12.4. The third kappa shape index (κ3) is 3.06. The smallest absolute Gasteiger partial charge is 0.343 e. The van der Waals surface area contributed by atoms with E-state index in [2.05, 4.69) is 29.6 Å². The number of benzene rings is 2. The number of cyclic esters (lactones) is 1. The Hall–Kier alpha value is -2.79. The Morgan fingerprint density at radius 1 is 1.04 bits per heavy atom. The average Bonchev–Trinajstić information content (AvgIpc) is 3.18. The van der Waals surface area contributed by atoms with Crippen molar-refractivity contribution in [1.29, 1.82) is 0 Å². The van der Waals surface area contributed by atoms with E-state index in [1.54, 1.807) is 11.3 Å². The largest absolute Gasteiger partial charge is 0.488 e. The summed E-state index contributed by atoms with van der Waals surface area (Å²) in [4.78, 5) is 12.4. The third-order valence-corrected chi connectivity index (χ3v) is 6.37. The number of rotatable bonds is 4. The van der Waals surface area contributed by atoms with Gasteiger partial charge in [0.2, 0.25) is 0 Å². The molecule has 0 saturated carbocycles. The number of nitrogens with one attached hydrogen (secondary N) is 1. The van der Waals surface area contributed by atoms with Crippen molar-refractivity contribution in [1.82, 2.24) is 0 Å². The minimum Gasteiger partial charge on any atom is -0.488 e. The molecule has 2 heterocycles. The molecule has 0 radical (unpaired) electrons. The van der Waals surface area contributed by atoms with Crippen molar-refractivity contribution in [2.45, 2.75) is 32.3 Å². The van der Waals surface area contributed by atoms with Gasteiger partial charge in [0.1, 0.15) is 22.9 Å². The Kier molecular flexibility index (Phi) is 4.53. The minimum absolute atomic E-state index is 0.230. The Bertz CT molecular complexity index is 1030. The fourth-order valence-electron chi connectivity index (χ4n) is 4.03. The van der Waals surface area contributed by atoms with E-state index in [4.69, 9.17) is 9.47 Å². The molecule has 0 bridgehead atoms. The lowest BCUT2D eigenvalue weighted by Gasteiger charge is -2.23. The molecular weight excluding hydrogens is 370 g/mol. The number of hydrogen-bond acceptors (Lipinski definition) is 5. The van der Waals surface area contributed by atoms with Gasteiger partial charge >= 0.3 is 5.97 Å². The molecule has 5 heteroatoms. The van der Waals surface area contributed by atoms with E-state index in [0.29, 0.717) is 12.2 Å². The predicted octanol–water partition coefficient (Wildman–Crippen LogP) is 5.41. The lowest BCUT2D eigenvalue weighted by atomic mass is 9.87. The third-order valence-electron chi connectivity index (χ3n) is 5.43. The maximum atomic E-state index is 12.4. The molecule has 1 aliphatic heterocycles. The van der Waals surface area contributed by atoms with Gasteiger partial charge in [0.15, 0.2) is 6.73 Å². The van der Waals surface area contributed by atoms with Gasteiger partial charge in [-0.15, -0.1) is 11.3 Å². The highest BCUT2D eigenvalue weighted by molar-refractivity contribution is 7.15. The summed E-state index contributed by atoms with van der Waals surface area (Å²) in [6.45, 7) is 0.743. The topological polar surface area (TPSA) is 47.6 Å². The molecule has 2 aliphatic rings. The Balaban J connectivity index is 1.60. The molecule has 3 aromatic rings. The van der Waals surface area contributed by atoms with Crippen LogP contribution in [-0.2, 0) is 24.2 Å². The molecule has 0 unspecified atom stereocenters. The molecule has 4 nitrogen and oxygen atoms in total. The molecule has 2 aromatic carbocycles. The van der Waals surface area contributed by atoms with Crippen LogP contribution in [-0.4, -0.2) is 12.7 Å². The number of carbonyl (C=O) groups excluding carboxylic acids is 1. The van der Waals surface area contributed by atoms with E-state index in [1.807, 2.05) is 23.6 Å². The molecule has 0 fully saturated rings. The van der Waals surface area contributed by atoms with Crippen LogP contribution in [0.25, 0.3) is 11.1 Å². The summed E-state index contributed by atoms with van der Waals surface area (Å²) in [5.74, 6) is 0.650. The van der Waals surface area contributed by atoms with Gasteiger partial charge in [-0.3, -0.25) is 0 Å². The first-order valence-corrected chi connectivity index (χ1v) is 10.5. The first-order valence-electron chi connectivity index (χ1n) is 9.65. The first kappa shape index (κ1) is 17.3. The zero-order valence-electron chi connectivity index (χ0n) is 15.5. The van der Waals surface area contributed by atoms with Crippen molar-refractivity contribution in [3.05, 3.63) is 70.1 Å². The van der Waals surface area contributed by atoms with Crippen molar-refractivity contribution in [2.24, 2.45) is 0 Å². The summed E-state index contributed by atoms with van der Waals surface area (Å²) in [5.41, 5.74) is 6.29. The molecule has 0 amide bonds. The van der Waals surface area contributed by atoms with Crippen molar-refractivity contribution in [2.75, 3.05) is 12.0 Å². The van der Waals surface area contributed by atoms with Crippen LogP contribution < -0.4 is 10.1 Å². The van der Waals surface area contributed by atoms with Crippen LogP contribution in [0, 0.1) is 0 Å². The lowest BCUT2D eigenvalue weighted by molar-refractivity contribution is 0.0520. The number of hydrogen-bond donors (Lipinski definition) is 1. The number of carbonyl (C=O) groups is 1. The monoisotopic (exact) mass is 391 g/mol. The maximum Gasteiger partial charge on any atom is 0.343 e. The van der Waals surface area contributed by atoms with Crippen LogP contribution >= 0.6 is 11.3 Å². The number of ether oxygens (including phenoxy) is 2. The van der Waals surface area contributed by atoms with Gasteiger partial charge in [-0.1, -0.05) is 42.5 Å². The molecular formula is C23H21NO3S. The molecule has 0 spiro atoms. The number of anilines is 1. The van der Waals surface area contributed by atoms with Crippen molar-refractivity contribution in [3.8, 4) is 16.9 Å². The van der Waals surface area contributed by atoms with Crippen LogP contribution in [0.5, 0.6) is 5.75 Å². The lowest BCUT2D eigenvalue weighted by Crippen LogP contribution is -2.19. The minimum atomic E-state index is -0.267. The number of thiophene rings is 1. The van der Waals surface area contributed by atoms with Gasteiger partial charge in [-0.25, -0.2) is 4.79 Å². The van der Waals surface area contributed by atoms with Crippen LogP contribution in [0.15, 0.2) is 47.8 Å². The van der Waals surface area contributed by atoms with Crippen LogP contribution in [0.1, 0.15) is 39.9 Å². The summed E-state index contributed by atoms with van der Waals surface area (Å²) in [5, 5.41) is 6.06. The molecule has 28 heavy (non-hydrogen) atoms. The first-order chi connectivity index (χ1) is 13.8. The SMILES string of the molecule is O=C1OCNc2scc(-c3ccc4c(c3OCc3ccccc3)CCCC4)c21. The highest BCUT2D eigenvalue weighted by atomic mass is 32.1. The van der Waals surface area contributed by atoms with E-state index < -0.39 is 0 Å². The van der Waals surface area contributed by atoms with E-state index in [-0.39, 0.29) is 12.7 Å². The summed E-state index contributed by atoms with van der Waals surface area (Å²) in [6.07, 6.45) is 4.49. The van der Waals surface area contributed by atoms with E-state index in [9.17, 15) is 4.79 Å². The molecule has 5 rings (SSSR count). The van der Waals surface area contributed by atoms with E-state index in [1.165, 1.54) is 24.0 Å². The van der Waals surface area contributed by atoms with E-state index >= 15 is 0 Å². The Labute approximate surface area is 168 Å². The van der Waals surface area contributed by atoms with Crippen molar-refractivity contribution >= 4 is 22.3 Å². The second-order valence-electron chi connectivity index (χ2n) is 7.17. The fraction of sp³-hybridized carbons (Fsp3) is 0.261. The van der Waals surface area contributed by atoms with Crippen molar-refractivity contribution in [3.63, 3.8) is 0 Å². The van der Waals surface area contributed by atoms with Crippen LogP contribution in [0.4, 0.5) is 5.00 Å². The summed E-state index contributed by atoms with van der Waals surface area (Å²) in [6, 6.07) is 14.5. The van der Waals surface area contributed by atoms with Crippen LogP contribution in [0.3, 0.4) is 0 Å². The van der Waals surface area contributed by atoms with Gasteiger partial charge in [0, 0.05) is 16.5 Å². The Morgan fingerprint density at radius 2 is 1.89 bits per heavy atom. The molecule has 1 aliphatic carbocycles. The molecule has 1 N–H and O–H groups in total. The average molecular weight is 391 g/mol. The second kappa shape index (κ2) is 7.32. The summed E-state index contributed by atoms with van der Waals surface area (Å²) < 4.78 is 11.6. The summed E-state index contributed by atoms with van der Waals surface area (Å²) >= 11 is 1.54. The summed E-state index contributed by atoms with van der Waals surface area (Å²) in [7, 11) is 0. The number of esters is 1. The predicted molar refractivity (Wildman–Crippen MR) is 111 cm³/mol. The normalized spacial score (nSPS) is 15.2.